The maximum atomic E-state index is 12.3. The molecule has 0 bridgehead atoms. The number of ketones is 1. The predicted molar refractivity (Wildman–Crippen MR) is 125 cm³/mol. The second-order valence-corrected chi connectivity index (χ2v) is 7.82. The van der Waals surface area contributed by atoms with Crippen molar-refractivity contribution in [1.82, 2.24) is 9.97 Å². The Morgan fingerprint density at radius 2 is 1.65 bits per heavy atom. The summed E-state index contributed by atoms with van der Waals surface area (Å²) in [5, 5.41) is 10.6. The molecule has 2 aromatic heterocycles. The second kappa shape index (κ2) is 9.63. The fraction of sp³-hybridized carbons (Fsp3) is 0.222. The van der Waals surface area contributed by atoms with E-state index in [4.69, 9.17) is 4.98 Å². The molecule has 4 rings (SSSR count). The molecule has 2 aromatic carbocycles. The molecule has 1 atom stereocenters. The van der Waals surface area contributed by atoms with Crippen LogP contribution in [0.5, 0.6) is 0 Å². The quantitative estimate of drug-likeness (QED) is 0.409. The lowest BCUT2D eigenvalue weighted by Crippen LogP contribution is -2.10. The molecule has 31 heavy (non-hydrogen) atoms. The van der Waals surface area contributed by atoms with Gasteiger partial charge in [-0.15, -0.1) is 0 Å². The third-order valence-corrected chi connectivity index (χ3v) is 5.49. The summed E-state index contributed by atoms with van der Waals surface area (Å²) in [5.41, 5.74) is 5.59. The van der Waals surface area contributed by atoms with E-state index in [0.717, 1.165) is 33.3 Å². The molecule has 0 saturated heterocycles. The van der Waals surface area contributed by atoms with E-state index in [1.807, 2.05) is 49.4 Å². The molecule has 4 nitrogen and oxygen atoms in total. The normalized spacial score (nSPS) is 12.1. The van der Waals surface area contributed by atoms with E-state index in [2.05, 4.69) is 35.3 Å². The van der Waals surface area contributed by atoms with E-state index in [9.17, 15) is 9.90 Å². The fourth-order valence-corrected chi connectivity index (χ4v) is 3.71. The lowest BCUT2D eigenvalue weighted by Gasteiger charge is -2.12. The summed E-state index contributed by atoms with van der Waals surface area (Å²) in [6, 6.07) is 24.4. The van der Waals surface area contributed by atoms with Crippen molar-refractivity contribution in [3.8, 4) is 22.4 Å². The molecule has 0 aliphatic rings. The molecule has 4 heteroatoms. The topological polar surface area (TPSA) is 63.1 Å². The zero-order chi connectivity index (χ0) is 21.6. The average molecular weight is 411 g/mol. The minimum absolute atomic E-state index is 0.116. The Kier molecular flexibility index (Phi) is 6.48. The number of nitrogens with zero attached hydrogens (tertiary/aromatic N) is 2. The lowest BCUT2D eigenvalue weighted by atomic mass is 9.97. The highest BCUT2D eigenvalue weighted by molar-refractivity contribution is 5.91. The first-order valence-corrected chi connectivity index (χ1v) is 10.7. The van der Waals surface area contributed by atoms with Crippen LogP contribution in [0.2, 0.25) is 0 Å². The highest BCUT2D eigenvalue weighted by Gasteiger charge is 2.13. The van der Waals surface area contributed by atoms with Crippen LogP contribution in [-0.2, 0) is 11.2 Å². The number of pyridine rings is 2. The molecule has 4 aromatic rings. The number of aliphatic hydroxyl groups is 1. The molecular weight excluding hydrogens is 384 g/mol. The summed E-state index contributed by atoms with van der Waals surface area (Å²) in [6.45, 7) is 1.92. The van der Waals surface area contributed by atoms with Gasteiger partial charge in [-0.1, -0.05) is 67.6 Å². The van der Waals surface area contributed by atoms with E-state index in [0.29, 0.717) is 31.3 Å². The highest BCUT2D eigenvalue weighted by Crippen LogP contribution is 2.33. The van der Waals surface area contributed by atoms with Gasteiger partial charge in [-0.3, -0.25) is 4.79 Å². The Hall–Kier alpha value is -3.37. The zero-order valence-corrected chi connectivity index (χ0v) is 17.7. The monoisotopic (exact) mass is 410 g/mol. The van der Waals surface area contributed by atoms with Crippen LogP contribution in [0.15, 0.2) is 79.0 Å². The standard InChI is InChI=1S/C27H26N2O2/c1-2-23(30)13-14-24(31)16-19-15-22-17-25(20-9-5-3-6-10-20)26(29-27(22)28-18-19)21-11-7-4-8-12-21/h3-12,15,17-18,23,30H,2,13-14,16H2,1H3/t23-/m1/s1. The first-order valence-electron chi connectivity index (χ1n) is 10.7. The highest BCUT2D eigenvalue weighted by atomic mass is 16.3. The van der Waals surface area contributed by atoms with Gasteiger partial charge < -0.3 is 5.11 Å². The van der Waals surface area contributed by atoms with Crippen molar-refractivity contribution >= 4 is 16.8 Å². The second-order valence-electron chi connectivity index (χ2n) is 7.82. The van der Waals surface area contributed by atoms with Crippen LogP contribution in [0.4, 0.5) is 0 Å². The maximum absolute atomic E-state index is 12.3. The maximum Gasteiger partial charge on any atom is 0.159 e. The van der Waals surface area contributed by atoms with Crippen molar-refractivity contribution in [2.24, 2.45) is 0 Å². The van der Waals surface area contributed by atoms with Gasteiger partial charge in [0, 0.05) is 35.6 Å². The van der Waals surface area contributed by atoms with E-state index in [1.165, 1.54) is 0 Å². The molecule has 0 fully saturated rings. The van der Waals surface area contributed by atoms with Crippen LogP contribution in [0.25, 0.3) is 33.4 Å². The van der Waals surface area contributed by atoms with Gasteiger partial charge in [0.15, 0.2) is 5.65 Å². The first kappa shape index (κ1) is 20.9. The molecule has 1 N–H and O–H groups in total. The van der Waals surface area contributed by atoms with Gasteiger partial charge in [-0.2, -0.15) is 0 Å². The summed E-state index contributed by atoms with van der Waals surface area (Å²) in [4.78, 5) is 21.8. The number of hydrogen-bond donors (Lipinski definition) is 1. The summed E-state index contributed by atoms with van der Waals surface area (Å²) in [5.74, 6) is 0.116. The number of carbonyl (C=O) groups excluding carboxylic acids is 1. The number of Topliss-reactive ketones (excluding diaryl/α,β-unsaturated/α-hetero) is 1. The van der Waals surface area contributed by atoms with Crippen LogP contribution >= 0.6 is 0 Å². The Bertz CT molecular complexity index is 1170. The van der Waals surface area contributed by atoms with Crippen molar-refractivity contribution in [2.75, 3.05) is 0 Å². The molecule has 0 aliphatic carbocycles. The molecule has 0 spiro atoms. The lowest BCUT2D eigenvalue weighted by molar-refractivity contribution is -0.119. The number of benzene rings is 2. The molecular formula is C27H26N2O2. The molecule has 2 heterocycles. The van der Waals surface area contributed by atoms with Crippen LogP contribution in [0.1, 0.15) is 31.7 Å². The Morgan fingerprint density at radius 1 is 0.968 bits per heavy atom. The SMILES string of the molecule is CC[C@@H](O)CCC(=O)Cc1cnc2nc(-c3ccccc3)c(-c3ccccc3)cc2c1. The third-order valence-electron chi connectivity index (χ3n) is 5.49. The van der Waals surface area contributed by atoms with E-state index in [-0.39, 0.29) is 5.78 Å². The van der Waals surface area contributed by atoms with Crippen molar-refractivity contribution in [1.29, 1.82) is 0 Å². The van der Waals surface area contributed by atoms with Crippen molar-refractivity contribution in [2.45, 2.75) is 38.7 Å². The zero-order valence-electron chi connectivity index (χ0n) is 17.7. The minimum Gasteiger partial charge on any atom is -0.393 e. The van der Waals surface area contributed by atoms with E-state index >= 15 is 0 Å². The van der Waals surface area contributed by atoms with Gasteiger partial charge >= 0.3 is 0 Å². The van der Waals surface area contributed by atoms with Gasteiger partial charge in [-0.25, -0.2) is 9.97 Å². The number of fused-ring (bicyclic) bond motifs is 1. The Morgan fingerprint density at radius 3 is 2.32 bits per heavy atom. The molecule has 0 amide bonds. The summed E-state index contributed by atoms with van der Waals surface area (Å²) < 4.78 is 0. The van der Waals surface area contributed by atoms with Crippen LogP contribution in [-0.4, -0.2) is 27.0 Å². The van der Waals surface area contributed by atoms with Crippen molar-refractivity contribution in [3.63, 3.8) is 0 Å². The number of carbonyl (C=O) groups is 1. The minimum atomic E-state index is -0.410. The average Bonchev–Trinajstić information content (AvgIpc) is 2.82. The Labute approximate surface area is 182 Å². The van der Waals surface area contributed by atoms with Crippen LogP contribution in [0, 0.1) is 0 Å². The number of aromatic nitrogens is 2. The van der Waals surface area contributed by atoms with Gasteiger partial charge in [0.05, 0.1) is 11.8 Å². The van der Waals surface area contributed by atoms with Gasteiger partial charge in [0.25, 0.3) is 0 Å². The molecule has 0 saturated carbocycles. The van der Waals surface area contributed by atoms with Gasteiger partial charge in [0.1, 0.15) is 5.78 Å². The largest absolute Gasteiger partial charge is 0.393 e. The fourth-order valence-electron chi connectivity index (χ4n) is 3.71. The van der Waals surface area contributed by atoms with E-state index < -0.39 is 6.10 Å². The van der Waals surface area contributed by atoms with Crippen LogP contribution in [0.3, 0.4) is 0 Å². The summed E-state index contributed by atoms with van der Waals surface area (Å²) in [6.07, 6.45) is 3.21. The summed E-state index contributed by atoms with van der Waals surface area (Å²) >= 11 is 0. The third kappa shape index (κ3) is 5.04. The van der Waals surface area contributed by atoms with Gasteiger partial charge in [0.2, 0.25) is 0 Å². The van der Waals surface area contributed by atoms with E-state index in [1.54, 1.807) is 6.20 Å². The van der Waals surface area contributed by atoms with Gasteiger partial charge in [-0.05, 0) is 36.1 Å². The molecule has 0 unspecified atom stereocenters. The predicted octanol–water partition coefficient (Wildman–Crippen LogP) is 5.63. The van der Waals surface area contributed by atoms with Crippen molar-refractivity contribution < 1.29 is 9.90 Å². The van der Waals surface area contributed by atoms with Crippen LogP contribution < -0.4 is 0 Å². The molecule has 156 valence electrons. The first-order chi connectivity index (χ1) is 15.1. The molecule has 0 aliphatic heterocycles. The number of rotatable bonds is 8. The number of hydrogen-bond acceptors (Lipinski definition) is 4. The number of aliphatic hydroxyl groups excluding tert-OH is 1. The summed E-state index contributed by atoms with van der Waals surface area (Å²) in [7, 11) is 0. The molecule has 0 radical (unpaired) electrons. The van der Waals surface area contributed by atoms with Crippen molar-refractivity contribution in [3.05, 3.63) is 84.6 Å². The Balaban J connectivity index is 1.70. The smallest absolute Gasteiger partial charge is 0.159 e.